The van der Waals surface area contributed by atoms with Crippen molar-refractivity contribution >= 4 is 0 Å². The van der Waals surface area contributed by atoms with Crippen LogP contribution < -0.4 is 9.47 Å². The molecule has 0 saturated carbocycles. The minimum Gasteiger partial charge on any atom is -0.497 e. The van der Waals surface area contributed by atoms with Gasteiger partial charge in [0.25, 0.3) is 0 Å². The zero-order valence-corrected chi connectivity index (χ0v) is 10.8. The first-order valence-corrected chi connectivity index (χ1v) is 5.49. The molecule has 1 unspecified atom stereocenters. The maximum Gasteiger partial charge on any atom is 0.123 e. The Morgan fingerprint density at radius 3 is 2.47 bits per heavy atom. The molecule has 1 aromatic rings. The molecule has 17 heavy (non-hydrogen) atoms. The SMILES string of the molecule is COc1cccc(OCC(O)C(C)(C)OC)c1. The van der Waals surface area contributed by atoms with Crippen molar-refractivity contribution in [3.8, 4) is 11.5 Å². The number of aliphatic hydroxyl groups is 1. The molecule has 0 aliphatic rings. The van der Waals surface area contributed by atoms with Crippen molar-refractivity contribution in [2.45, 2.75) is 25.6 Å². The monoisotopic (exact) mass is 240 g/mol. The second kappa shape index (κ2) is 5.89. The number of hydrogen-bond donors (Lipinski definition) is 1. The lowest BCUT2D eigenvalue weighted by Crippen LogP contribution is -2.42. The second-order valence-electron chi connectivity index (χ2n) is 4.31. The lowest BCUT2D eigenvalue weighted by Gasteiger charge is -2.28. The summed E-state index contributed by atoms with van der Waals surface area (Å²) in [6.07, 6.45) is -0.696. The molecular formula is C13H20O4. The van der Waals surface area contributed by atoms with Crippen molar-refractivity contribution in [1.82, 2.24) is 0 Å². The third-order valence-corrected chi connectivity index (χ3v) is 2.78. The fraction of sp³-hybridized carbons (Fsp3) is 0.538. The average Bonchev–Trinajstić information content (AvgIpc) is 2.36. The first-order valence-electron chi connectivity index (χ1n) is 5.49. The van der Waals surface area contributed by atoms with Gasteiger partial charge < -0.3 is 19.3 Å². The van der Waals surface area contributed by atoms with Gasteiger partial charge >= 0.3 is 0 Å². The highest BCUT2D eigenvalue weighted by atomic mass is 16.5. The van der Waals surface area contributed by atoms with Crippen LogP contribution >= 0.6 is 0 Å². The molecule has 0 spiro atoms. The summed E-state index contributed by atoms with van der Waals surface area (Å²) in [5, 5.41) is 9.88. The van der Waals surface area contributed by atoms with Gasteiger partial charge in [0.2, 0.25) is 0 Å². The summed E-state index contributed by atoms with van der Waals surface area (Å²) in [4.78, 5) is 0. The number of methoxy groups -OCH3 is 2. The Bertz CT molecular complexity index is 349. The molecule has 0 radical (unpaired) electrons. The molecule has 0 saturated heterocycles. The topological polar surface area (TPSA) is 47.9 Å². The van der Waals surface area contributed by atoms with Gasteiger partial charge in [-0.05, 0) is 26.0 Å². The van der Waals surface area contributed by atoms with E-state index < -0.39 is 11.7 Å². The average molecular weight is 240 g/mol. The van der Waals surface area contributed by atoms with Crippen LogP contribution in [0.1, 0.15) is 13.8 Å². The zero-order chi connectivity index (χ0) is 12.9. The first-order chi connectivity index (χ1) is 7.99. The molecule has 0 aliphatic heterocycles. The molecule has 0 heterocycles. The Morgan fingerprint density at radius 2 is 1.88 bits per heavy atom. The Hall–Kier alpha value is -1.26. The maximum absolute atomic E-state index is 9.88. The summed E-state index contributed by atoms with van der Waals surface area (Å²) < 4.78 is 15.7. The highest BCUT2D eigenvalue weighted by Gasteiger charge is 2.27. The number of rotatable bonds is 6. The number of benzene rings is 1. The van der Waals surface area contributed by atoms with Gasteiger partial charge in [-0.15, -0.1) is 0 Å². The smallest absolute Gasteiger partial charge is 0.123 e. The molecule has 0 bridgehead atoms. The van der Waals surface area contributed by atoms with Crippen LogP contribution in [-0.4, -0.2) is 37.6 Å². The molecule has 0 fully saturated rings. The van der Waals surface area contributed by atoms with Crippen molar-refractivity contribution in [2.24, 2.45) is 0 Å². The van der Waals surface area contributed by atoms with Crippen molar-refractivity contribution < 1.29 is 19.3 Å². The molecular weight excluding hydrogens is 220 g/mol. The van der Waals surface area contributed by atoms with Gasteiger partial charge in [0.15, 0.2) is 0 Å². The largest absolute Gasteiger partial charge is 0.497 e. The Balaban J connectivity index is 2.55. The summed E-state index contributed by atoms with van der Waals surface area (Å²) >= 11 is 0. The number of hydrogen-bond acceptors (Lipinski definition) is 4. The van der Waals surface area contributed by atoms with Crippen LogP contribution in [0.4, 0.5) is 0 Å². The van der Waals surface area contributed by atoms with Gasteiger partial charge in [0.1, 0.15) is 24.2 Å². The molecule has 96 valence electrons. The third kappa shape index (κ3) is 3.91. The van der Waals surface area contributed by atoms with Gasteiger partial charge in [0, 0.05) is 13.2 Å². The molecule has 0 aliphatic carbocycles. The van der Waals surface area contributed by atoms with Crippen LogP contribution in [0.2, 0.25) is 0 Å². The molecule has 0 amide bonds. The summed E-state index contributed by atoms with van der Waals surface area (Å²) in [5.74, 6) is 1.39. The van der Waals surface area contributed by atoms with Crippen LogP contribution in [0.15, 0.2) is 24.3 Å². The molecule has 1 atom stereocenters. The van der Waals surface area contributed by atoms with Crippen LogP contribution in [0, 0.1) is 0 Å². The lowest BCUT2D eigenvalue weighted by atomic mass is 10.0. The molecule has 1 aromatic carbocycles. The fourth-order valence-corrected chi connectivity index (χ4v) is 1.20. The Morgan fingerprint density at radius 1 is 1.24 bits per heavy atom. The van der Waals surface area contributed by atoms with E-state index >= 15 is 0 Å². The molecule has 1 N–H and O–H groups in total. The maximum atomic E-state index is 9.88. The Kier molecular flexibility index (Phi) is 4.78. The summed E-state index contributed by atoms with van der Waals surface area (Å²) in [5.41, 5.74) is -0.626. The van der Waals surface area contributed by atoms with E-state index in [2.05, 4.69) is 0 Å². The minimum absolute atomic E-state index is 0.175. The highest BCUT2D eigenvalue weighted by Crippen LogP contribution is 2.20. The third-order valence-electron chi connectivity index (χ3n) is 2.78. The van der Waals surface area contributed by atoms with E-state index in [0.29, 0.717) is 5.75 Å². The predicted octanol–water partition coefficient (Wildman–Crippen LogP) is 1.86. The van der Waals surface area contributed by atoms with Crippen LogP contribution in [0.5, 0.6) is 11.5 Å². The highest BCUT2D eigenvalue weighted by molar-refractivity contribution is 5.32. The van der Waals surface area contributed by atoms with E-state index in [1.54, 1.807) is 20.3 Å². The van der Waals surface area contributed by atoms with Gasteiger partial charge in [-0.25, -0.2) is 0 Å². The first kappa shape index (κ1) is 13.8. The van der Waals surface area contributed by atoms with E-state index in [4.69, 9.17) is 14.2 Å². The number of ether oxygens (including phenoxy) is 3. The van der Waals surface area contributed by atoms with Gasteiger partial charge in [-0.1, -0.05) is 6.07 Å². The normalized spacial score (nSPS) is 13.2. The van der Waals surface area contributed by atoms with Gasteiger partial charge in [0.05, 0.1) is 12.7 Å². The van der Waals surface area contributed by atoms with Crippen molar-refractivity contribution in [2.75, 3.05) is 20.8 Å². The van der Waals surface area contributed by atoms with E-state index in [9.17, 15) is 5.11 Å². The van der Waals surface area contributed by atoms with Crippen LogP contribution in [0.25, 0.3) is 0 Å². The summed E-state index contributed by atoms with van der Waals surface area (Å²) in [6, 6.07) is 7.26. The fourth-order valence-electron chi connectivity index (χ4n) is 1.20. The summed E-state index contributed by atoms with van der Waals surface area (Å²) in [6.45, 7) is 3.80. The molecule has 0 aromatic heterocycles. The van der Waals surface area contributed by atoms with E-state index in [0.717, 1.165) is 5.75 Å². The minimum atomic E-state index is -0.696. The van der Waals surface area contributed by atoms with E-state index in [-0.39, 0.29) is 6.61 Å². The molecule has 4 nitrogen and oxygen atoms in total. The second-order valence-corrected chi connectivity index (χ2v) is 4.31. The standard InChI is InChI=1S/C13H20O4/c1-13(2,16-4)12(14)9-17-11-7-5-6-10(8-11)15-3/h5-8,12,14H,9H2,1-4H3. The van der Waals surface area contributed by atoms with Crippen molar-refractivity contribution in [3.05, 3.63) is 24.3 Å². The quantitative estimate of drug-likeness (QED) is 0.824. The van der Waals surface area contributed by atoms with Gasteiger partial charge in [-0.3, -0.25) is 0 Å². The van der Waals surface area contributed by atoms with Crippen molar-refractivity contribution in [3.63, 3.8) is 0 Å². The zero-order valence-electron chi connectivity index (χ0n) is 10.8. The number of aliphatic hydroxyl groups excluding tert-OH is 1. The van der Waals surface area contributed by atoms with Crippen LogP contribution in [0.3, 0.4) is 0 Å². The summed E-state index contributed by atoms with van der Waals surface area (Å²) in [7, 11) is 3.16. The van der Waals surface area contributed by atoms with E-state index in [1.165, 1.54) is 0 Å². The van der Waals surface area contributed by atoms with Gasteiger partial charge in [-0.2, -0.15) is 0 Å². The lowest BCUT2D eigenvalue weighted by molar-refractivity contribution is -0.0915. The van der Waals surface area contributed by atoms with Crippen molar-refractivity contribution in [1.29, 1.82) is 0 Å². The predicted molar refractivity (Wildman–Crippen MR) is 65.6 cm³/mol. The molecule has 1 rings (SSSR count). The Labute approximate surface area is 102 Å². The molecule has 4 heteroatoms. The van der Waals surface area contributed by atoms with Crippen LogP contribution in [-0.2, 0) is 4.74 Å². The van der Waals surface area contributed by atoms with E-state index in [1.807, 2.05) is 32.0 Å².